The standard InChI is InChI=1S/C18H14N2O/c19-13-16(14-20)12-17-8-4-5-9-18(17)21-11-10-15-6-2-1-3-7-15/h1-9,12H,10-11H2. The second-order valence-electron chi connectivity index (χ2n) is 4.40. The molecular formula is C18H14N2O. The Labute approximate surface area is 124 Å². The molecule has 3 nitrogen and oxygen atoms in total. The predicted molar refractivity (Wildman–Crippen MR) is 81.3 cm³/mol. The van der Waals surface area contributed by atoms with Crippen LogP contribution in [0.1, 0.15) is 11.1 Å². The monoisotopic (exact) mass is 274 g/mol. The fraction of sp³-hybridized carbons (Fsp3) is 0.111. The Kier molecular flexibility index (Phi) is 5.15. The van der Waals surface area contributed by atoms with Crippen molar-refractivity contribution in [1.29, 1.82) is 10.5 Å². The molecule has 2 rings (SSSR count). The van der Waals surface area contributed by atoms with Gasteiger partial charge in [0.25, 0.3) is 0 Å². The summed E-state index contributed by atoms with van der Waals surface area (Å²) in [6.45, 7) is 0.545. The van der Waals surface area contributed by atoms with Crippen LogP contribution in [0, 0.1) is 22.7 Å². The van der Waals surface area contributed by atoms with Crippen molar-refractivity contribution in [3.8, 4) is 17.9 Å². The van der Waals surface area contributed by atoms with Crippen molar-refractivity contribution >= 4 is 6.08 Å². The highest BCUT2D eigenvalue weighted by molar-refractivity contribution is 5.66. The fourth-order valence-electron chi connectivity index (χ4n) is 1.90. The first-order valence-corrected chi connectivity index (χ1v) is 6.61. The first-order valence-electron chi connectivity index (χ1n) is 6.61. The summed E-state index contributed by atoms with van der Waals surface area (Å²) < 4.78 is 5.77. The van der Waals surface area contributed by atoms with Gasteiger partial charge < -0.3 is 4.74 Å². The summed E-state index contributed by atoms with van der Waals surface area (Å²) in [5, 5.41) is 17.6. The largest absolute Gasteiger partial charge is 0.493 e. The van der Waals surface area contributed by atoms with Crippen LogP contribution in [0.3, 0.4) is 0 Å². The van der Waals surface area contributed by atoms with E-state index in [1.54, 1.807) is 0 Å². The summed E-state index contributed by atoms with van der Waals surface area (Å²) in [6.07, 6.45) is 2.35. The molecule has 102 valence electrons. The normalized spacial score (nSPS) is 9.24. The van der Waals surface area contributed by atoms with Gasteiger partial charge in [0.05, 0.1) is 6.61 Å². The molecule has 0 aliphatic carbocycles. The maximum Gasteiger partial charge on any atom is 0.130 e. The maximum absolute atomic E-state index is 8.82. The first-order chi connectivity index (χ1) is 10.3. The van der Waals surface area contributed by atoms with Gasteiger partial charge in [0.2, 0.25) is 0 Å². The molecule has 0 saturated heterocycles. The molecule has 2 aromatic carbocycles. The van der Waals surface area contributed by atoms with E-state index in [1.165, 1.54) is 11.6 Å². The van der Waals surface area contributed by atoms with E-state index in [0.29, 0.717) is 12.4 Å². The summed E-state index contributed by atoms with van der Waals surface area (Å²) in [5.74, 6) is 0.677. The molecule has 0 spiro atoms. The van der Waals surface area contributed by atoms with Crippen molar-refractivity contribution in [2.75, 3.05) is 6.61 Å². The van der Waals surface area contributed by atoms with Crippen molar-refractivity contribution in [3.05, 3.63) is 71.3 Å². The van der Waals surface area contributed by atoms with Gasteiger partial charge in [0.15, 0.2) is 0 Å². The van der Waals surface area contributed by atoms with E-state index in [0.717, 1.165) is 12.0 Å². The summed E-state index contributed by atoms with van der Waals surface area (Å²) in [5.41, 5.74) is 2.01. The average Bonchev–Trinajstić information content (AvgIpc) is 2.55. The molecule has 0 amide bonds. The highest BCUT2D eigenvalue weighted by Crippen LogP contribution is 2.21. The molecule has 0 aromatic heterocycles. The van der Waals surface area contributed by atoms with E-state index in [2.05, 4.69) is 12.1 Å². The lowest BCUT2D eigenvalue weighted by atomic mass is 10.1. The number of nitriles is 2. The van der Waals surface area contributed by atoms with Crippen molar-refractivity contribution in [2.45, 2.75) is 6.42 Å². The molecule has 0 heterocycles. The van der Waals surface area contributed by atoms with E-state index in [4.69, 9.17) is 15.3 Å². The Morgan fingerprint density at radius 2 is 1.62 bits per heavy atom. The van der Waals surface area contributed by atoms with Crippen LogP contribution in [0.4, 0.5) is 0 Å². The predicted octanol–water partition coefficient (Wildman–Crippen LogP) is 3.74. The zero-order valence-electron chi connectivity index (χ0n) is 11.5. The van der Waals surface area contributed by atoms with Crippen LogP contribution in [0.2, 0.25) is 0 Å². The fourth-order valence-corrected chi connectivity index (χ4v) is 1.90. The number of allylic oxidation sites excluding steroid dienone is 1. The Bertz CT molecular complexity index is 690. The molecule has 2 aromatic rings. The zero-order valence-corrected chi connectivity index (χ0v) is 11.5. The number of benzene rings is 2. The molecule has 0 aliphatic heterocycles. The van der Waals surface area contributed by atoms with Gasteiger partial charge in [-0.1, -0.05) is 48.5 Å². The number of hydrogen-bond acceptors (Lipinski definition) is 3. The SMILES string of the molecule is N#CC(C#N)=Cc1ccccc1OCCc1ccccc1. The number of hydrogen-bond donors (Lipinski definition) is 0. The van der Waals surface area contributed by atoms with E-state index in [9.17, 15) is 0 Å². The summed E-state index contributed by atoms with van der Waals surface area (Å²) >= 11 is 0. The second-order valence-corrected chi connectivity index (χ2v) is 4.40. The molecule has 3 heteroatoms. The topological polar surface area (TPSA) is 56.8 Å². The van der Waals surface area contributed by atoms with Gasteiger partial charge in [-0.2, -0.15) is 10.5 Å². The molecule has 0 unspecified atom stereocenters. The van der Waals surface area contributed by atoms with E-state index in [-0.39, 0.29) is 5.57 Å². The Morgan fingerprint density at radius 1 is 0.952 bits per heavy atom. The van der Waals surface area contributed by atoms with E-state index < -0.39 is 0 Å². The minimum atomic E-state index is 0.0640. The van der Waals surface area contributed by atoms with E-state index in [1.807, 2.05) is 54.6 Å². The molecule has 0 atom stereocenters. The Hall–Kier alpha value is -3.04. The third-order valence-electron chi connectivity index (χ3n) is 2.95. The quantitative estimate of drug-likeness (QED) is 0.780. The molecular weight excluding hydrogens is 260 g/mol. The third kappa shape index (κ3) is 4.23. The number of para-hydroxylation sites is 1. The van der Waals surface area contributed by atoms with Gasteiger partial charge in [0, 0.05) is 12.0 Å². The second kappa shape index (κ2) is 7.53. The van der Waals surface area contributed by atoms with Crippen molar-refractivity contribution < 1.29 is 4.74 Å². The minimum Gasteiger partial charge on any atom is -0.493 e. The van der Waals surface area contributed by atoms with Gasteiger partial charge in [-0.25, -0.2) is 0 Å². The van der Waals surface area contributed by atoms with E-state index >= 15 is 0 Å². The van der Waals surface area contributed by atoms with Crippen LogP contribution in [0.25, 0.3) is 6.08 Å². The Balaban J connectivity index is 2.06. The van der Waals surface area contributed by atoms with Crippen LogP contribution in [0.15, 0.2) is 60.2 Å². The van der Waals surface area contributed by atoms with Crippen molar-refractivity contribution in [1.82, 2.24) is 0 Å². The third-order valence-corrected chi connectivity index (χ3v) is 2.95. The van der Waals surface area contributed by atoms with Gasteiger partial charge in [-0.05, 0) is 17.7 Å². The highest BCUT2D eigenvalue weighted by Gasteiger charge is 2.02. The molecule has 0 bridgehead atoms. The molecule has 0 saturated carbocycles. The van der Waals surface area contributed by atoms with Crippen LogP contribution in [-0.4, -0.2) is 6.61 Å². The van der Waals surface area contributed by atoms with Crippen LogP contribution >= 0.6 is 0 Å². The Morgan fingerprint density at radius 3 is 2.33 bits per heavy atom. The summed E-state index contributed by atoms with van der Waals surface area (Å²) in [7, 11) is 0. The first kappa shape index (κ1) is 14.4. The van der Waals surface area contributed by atoms with Crippen LogP contribution in [0.5, 0.6) is 5.75 Å². The number of ether oxygens (including phenoxy) is 1. The zero-order chi connectivity index (χ0) is 14.9. The minimum absolute atomic E-state index is 0.0640. The molecule has 21 heavy (non-hydrogen) atoms. The molecule has 0 radical (unpaired) electrons. The molecule has 0 N–H and O–H groups in total. The molecule has 0 aliphatic rings. The summed E-state index contributed by atoms with van der Waals surface area (Å²) in [6, 6.07) is 21.2. The van der Waals surface area contributed by atoms with Gasteiger partial charge in [-0.3, -0.25) is 0 Å². The highest BCUT2D eigenvalue weighted by atomic mass is 16.5. The van der Waals surface area contributed by atoms with Crippen molar-refractivity contribution in [2.24, 2.45) is 0 Å². The number of rotatable bonds is 5. The summed E-state index contributed by atoms with van der Waals surface area (Å²) in [4.78, 5) is 0. The van der Waals surface area contributed by atoms with Crippen LogP contribution in [-0.2, 0) is 6.42 Å². The average molecular weight is 274 g/mol. The lowest BCUT2D eigenvalue weighted by molar-refractivity contribution is 0.321. The smallest absolute Gasteiger partial charge is 0.130 e. The van der Waals surface area contributed by atoms with Gasteiger partial charge in [-0.15, -0.1) is 0 Å². The lowest BCUT2D eigenvalue weighted by Gasteiger charge is -2.09. The van der Waals surface area contributed by atoms with Gasteiger partial charge >= 0.3 is 0 Å². The van der Waals surface area contributed by atoms with Crippen molar-refractivity contribution in [3.63, 3.8) is 0 Å². The van der Waals surface area contributed by atoms with Gasteiger partial charge in [0.1, 0.15) is 23.5 Å². The number of nitrogens with zero attached hydrogens (tertiary/aromatic N) is 2. The molecule has 0 fully saturated rings. The van der Waals surface area contributed by atoms with Crippen LogP contribution < -0.4 is 4.74 Å². The maximum atomic E-state index is 8.82. The lowest BCUT2D eigenvalue weighted by Crippen LogP contribution is -2.02.